The first-order valence-electron chi connectivity index (χ1n) is 24.5. The maximum Gasteiger partial charge on any atom is 0.306 e. The Morgan fingerprint density at radius 2 is 0.733 bits per heavy atom. The van der Waals surface area contributed by atoms with E-state index in [0.717, 1.165) is 135 Å². The van der Waals surface area contributed by atoms with E-state index in [2.05, 4.69) is 46.4 Å². The number of carbonyl (C=O) groups excluding carboxylic acids is 5. The van der Waals surface area contributed by atoms with E-state index in [-0.39, 0.29) is 88.3 Å². The van der Waals surface area contributed by atoms with Crippen LogP contribution in [-0.4, -0.2) is 87.4 Å². The van der Waals surface area contributed by atoms with E-state index in [9.17, 15) is 24.0 Å². The molecule has 0 spiro atoms. The molecule has 11 heteroatoms. The highest BCUT2D eigenvalue weighted by Crippen LogP contribution is 2.27. The Labute approximate surface area is 366 Å². The Morgan fingerprint density at radius 3 is 1.08 bits per heavy atom. The lowest BCUT2D eigenvalue weighted by Gasteiger charge is -2.32. The standard InChI is InChI=1S/C49H91NO10/c1-8-15-20-27-42(28-21-16-9-2)36-47(54)59-40-49(39-58-46(53)33-26-34-50(13-6)14-7,38-57-45(52)32-25-24-31-44(51)56-35-19-12-5)41-60-48(55)37-43(29-22-17-10-3)30-23-18-11-4/h42-43H,8-41H2,1-7H3. The lowest BCUT2D eigenvalue weighted by molar-refractivity contribution is -0.171. The molecule has 0 N–H and O–H groups in total. The molecule has 0 aliphatic rings. The molecule has 0 aliphatic carbocycles. The quantitative estimate of drug-likeness (QED) is 0.0330. The maximum atomic E-state index is 13.6. The minimum Gasteiger partial charge on any atom is -0.466 e. The molecular formula is C49H91NO10. The third-order valence-electron chi connectivity index (χ3n) is 11.5. The van der Waals surface area contributed by atoms with Crippen LogP contribution in [0.25, 0.3) is 0 Å². The fraction of sp³-hybridized carbons (Fsp3) is 0.898. The van der Waals surface area contributed by atoms with Gasteiger partial charge in [0.1, 0.15) is 31.8 Å². The zero-order chi connectivity index (χ0) is 44.7. The molecule has 0 amide bonds. The van der Waals surface area contributed by atoms with Crippen molar-refractivity contribution in [3.05, 3.63) is 0 Å². The monoisotopic (exact) mass is 854 g/mol. The lowest BCUT2D eigenvalue weighted by Crippen LogP contribution is -2.44. The normalized spacial score (nSPS) is 11.6. The number of carbonyl (C=O) groups is 5. The van der Waals surface area contributed by atoms with Gasteiger partial charge in [0.25, 0.3) is 0 Å². The smallest absolute Gasteiger partial charge is 0.306 e. The van der Waals surface area contributed by atoms with Crippen molar-refractivity contribution in [1.29, 1.82) is 0 Å². The van der Waals surface area contributed by atoms with Gasteiger partial charge >= 0.3 is 29.8 Å². The van der Waals surface area contributed by atoms with Gasteiger partial charge in [-0.2, -0.15) is 0 Å². The molecule has 352 valence electrons. The van der Waals surface area contributed by atoms with Crippen molar-refractivity contribution >= 4 is 29.8 Å². The Kier molecular flexibility index (Phi) is 37.4. The average Bonchev–Trinajstić information content (AvgIpc) is 3.23. The van der Waals surface area contributed by atoms with Crippen molar-refractivity contribution in [2.45, 2.75) is 215 Å². The number of hydrogen-bond donors (Lipinski definition) is 0. The van der Waals surface area contributed by atoms with Crippen LogP contribution < -0.4 is 0 Å². The van der Waals surface area contributed by atoms with E-state index in [4.69, 9.17) is 23.7 Å². The van der Waals surface area contributed by atoms with Gasteiger partial charge in [-0.05, 0) is 82.8 Å². The molecule has 0 aromatic rings. The molecule has 0 aromatic heterocycles. The van der Waals surface area contributed by atoms with Gasteiger partial charge in [0.15, 0.2) is 0 Å². The number of esters is 5. The second-order valence-corrected chi connectivity index (χ2v) is 17.2. The summed E-state index contributed by atoms with van der Waals surface area (Å²) in [6, 6.07) is 0. The molecule has 0 atom stereocenters. The first kappa shape index (κ1) is 57.3. The van der Waals surface area contributed by atoms with Crippen LogP contribution in [0, 0.1) is 17.3 Å². The summed E-state index contributed by atoms with van der Waals surface area (Å²) in [6.07, 6.45) is 21.2. The Hall–Kier alpha value is -2.69. The molecular weight excluding hydrogens is 763 g/mol. The molecule has 11 nitrogen and oxygen atoms in total. The van der Waals surface area contributed by atoms with Crippen LogP contribution in [0.4, 0.5) is 0 Å². The van der Waals surface area contributed by atoms with E-state index < -0.39 is 17.4 Å². The topological polar surface area (TPSA) is 135 Å². The number of rotatable bonds is 42. The predicted molar refractivity (Wildman–Crippen MR) is 240 cm³/mol. The van der Waals surface area contributed by atoms with Gasteiger partial charge < -0.3 is 28.6 Å². The minimum atomic E-state index is -1.31. The summed E-state index contributed by atoms with van der Waals surface area (Å²) in [5.41, 5.74) is -1.31. The second-order valence-electron chi connectivity index (χ2n) is 17.2. The Balaban J connectivity index is 6.24. The summed E-state index contributed by atoms with van der Waals surface area (Å²) in [5.74, 6) is -1.53. The molecule has 0 heterocycles. The van der Waals surface area contributed by atoms with Crippen molar-refractivity contribution in [1.82, 2.24) is 4.90 Å². The van der Waals surface area contributed by atoms with Gasteiger partial charge in [0, 0.05) is 32.1 Å². The fourth-order valence-corrected chi connectivity index (χ4v) is 7.27. The van der Waals surface area contributed by atoms with Gasteiger partial charge in [-0.25, -0.2) is 0 Å². The summed E-state index contributed by atoms with van der Waals surface area (Å²) in [5, 5.41) is 0. The average molecular weight is 854 g/mol. The summed E-state index contributed by atoms with van der Waals surface area (Å²) < 4.78 is 28.9. The zero-order valence-electron chi connectivity index (χ0n) is 39.7. The number of nitrogens with zero attached hydrogens (tertiary/aromatic N) is 1. The van der Waals surface area contributed by atoms with Gasteiger partial charge in [-0.1, -0.05) is 132 Å². The van der Waals surface area contributed by atoms with Crippen LogP contribution in [0.3, 0.4) is 0 Å². The van der Waals surface area contributed by atoms with Crippen LogP contribution in [0.15, 0.2) is 0 Å². The van der Waals surface area contributed by atoms with E-state index in [1.54, 1.807) is 0 Å². The van der Waals surface area contributed by atoms with Crippen LogP contribution in [0.5, 0.6) is 0 Å². The van der Waals surface area contributed by atoms with Crippen molar-refractivity contribution in [3.63, 3.8) is 0 Å². The van der Waals surface area contributed by atoms with Crippen molar-refractivity contribution in [2.24, 2.45) is 17.3 Å². The first-order chi connectivity index (χ1) is 29.0. The summed E-state index contributed by atoms with van der Waals surface area (Å²) in [6.45, 7) is 16.8. The highest BCUT2D eigenvalue weighted by Gasteiger charge is 2.38. The fourth-order valence-electron chi connectivity index (χ4n) is 7.27. The van der Waals surface area contributed by atoms with Crippen molar-refractivity contribution < 1.29 is 47.7 Å². The summed E-state index contributed by atoms with van der Waals surface area (Å²) >= 11 is 0. The third-order valence-corrected chi connectivity index (χ3v) is 11.5. The molecule has 0 rings (SSSR count). The van der Waals surface area contributed by atoms with E-state index in [0.29, 0.717) is 25.9 Å². The molecule has 0 saturated heterocycles. The van der Waals surface area contributed by atoms with Gasteiger partial charge in [0.05, 0.1) is 6.61 Å². The van der Waals surface area contributed by atoms with Crippen LogP contribution in [0.1, 0.15) is 215 Å². The summed E-state index contributed by atoms with van der Waals surface area (Å²) in [4.78, 5) is 67.7. The third kappa shape index (κ3) is 32.1. The molecule has 0 fully saturated rings. The minimum absolute atomic E-state index is 0.0669. The Bertz CT molecular complexity index is 1030. The second kappa shape index (κ2) is 39.2. The molecule has 60 heavy (non-hydrogen) atoms. The number of unbranched alkanes of at least 4 members (excludes halogenated alkanes) is 10. The largest absolute Gasteiger partial charge is 0.466 e. The van der Waals surface area contributed by atoms with Crippen LogP contribution in [-0.2, 0) is 47.7 Å². The van der Waals surface area contributed by atoms with Gasteiger partial charge in [-0.3, -0.25) is 24.0 Å². The van der Waals surface area contributed by atoms with Crippen molar-refractivity contribution in [2.75, 3.05) is 52.7 Å². The summed E-state index contributed by atoms with van der Waals surface area (Å²) in [7, 11) is 0. The SMILES string of the molecule is CCCCCC(CCCCC)CC(=O)OCC(COC(=O)CCCCC(=O)OCCCC)(COC(=O)CCCN(CC)CC)COC(=O)CC(CCCCC)CCCCC. The molecule has 0 unspecified atom stereocenters. The maximum absolute atomic E-state index is 13.6. The predicted octanol–water partition coefficient (Wildman–Crippen LogP) is 11.5. The molecule has 0 aromatic carbocycles. The molecule has 0 radical (unpaired) electrons. The first-order valence-corrected chi connectivity index (χ1v) is 24.5. The van der Waals surface area contributed by atoms with Crippen LogP contribution in [0.2, 0.25) is 0 Å². The van der Waals surface area contributed by atoms with Gasteiger partial charge in [0.2, 0.25) is 0 Å². The Morgan fingerprint density at radius 1 is 0.400 bits per heavy atom. The number of hydrogen-bond acceptors (Lipinski definition) is 11. The highest BCUT2D eigenvalue weighted by atomic mass is 16.6. The van der Waals surface area contributed by atoms with E-state index >= 15 is 0 Å². The zero-order valence-corrected chi connectivity index (χ0v) is 39.7. The number of ether oxygens (including phenoxy) is 5. The molecule has 0 saturated carbocycles. The molecule has 0 aliphatic heterocycles. The van der Waals surface area contributed by atoms with Gasteiger partial charge in [-0.15, -0.1) is 0 Å². The lowest BCUT2D eigenvalue weighted by atomic mass is 9.90. The van der Waals surface area contributed by atoms with Crippen LogP contribution >= 0.6 is 0 Å². The molecule has 0 bridgehead atoms. The highest BCUT2D eigenvalue weighted by molar-refractivity contribution is 5.72. The van der Waals surface area contributed by atoms with E-state index in [1.807, 2.05) is 6.92 Å². The van der Waals surface area contributed by atoms with E-state index in [1.165, 1.54) is 0 Å². The van der Waals surface area contributed by atoms with Crippen molar-refractivity contribution in [3.8, 4) is 0 Å².